The van der Waals surface area contributed by atoms with E-state index in [1.807, 2.05) is 0 Å². The van der Waals surface area contributed by atoms with Crippen LogP contribution in [0.1, 0.15) is 117 Å². The molecule has 0 saturated carbocycles. The Bertz CT molecular complexity index is 2690. The van der Waals surface area contributed by atoms with Crippen LogP contribution in [0.3, 0.4) is 0 Å². The second kappa shape index (κ2) is 14.9. The fourth-order valence-corrected chi connectivity index (χ4v) is 10.2. The molecule has 1 heterocycles. The predicted molar refractivity (Wildman–Crippen MR) is 261 cm³/mol. The van der Waals surface area contributed by atoms with Gasteiger partial charge in [0.25, 0.3) is 0 Å². The van der Waals surface area contributed by atoms with Crippen LogP contribution < -0.4 is 16.0 Å². The van der Waals surface area contributed by atoms with Crippen LogP contribution >= 0.6 is 0 Å². The zero-order chi connectivity index (χ0) is 44.3. The van der Waals surface area contributed by atoms with Gasteiger partial charge in [0.05, 0.1) is 17.1 Å². The van der Waals surface area contributed by atoms with Gasteiger partial charge in [0.1, 0.15) is 0 Å². The Morgan fingerprint density at radius 2 is 0.333 bits per heavy atom. The molecule has 0 atom stereocenters. The molecule has 7 rings (SSSR count). The molecular formula is C54H66N6. The van der Waals surface area contributed by atoms with Gasteiger partial charge in [0.2, 0.25) is 17.8 Å². The summed E-state index contributed by atoms with van der Waals surface area (Å²) in [5.41, 5.74) is 30.2. The number of anilines is 6. The number of nitrogens with one attached hydrogen (secondary N) is 3. The smallest absolute Gasteiger partial charge is 0.233 e. The van der Waals surface area contributed by atoms with Crippen LogP contribution in [0.25, 0.3) is 32.3 Å². The third-order valence-electron chi connectivity index (χ3n) is 15.8. The second-order valence-electron chi connectivity index (χ2n) is 18.2. The lowest BCUT2D eigenvalue weighted by Gasteiger charge is -2.25. The molecule has 0 radical (unpaired) electrons. The first-order valence-corrected chi connectivity index (χ1v) is 21.6. The molecule has 6 nitrogen and oxygen atoms in total. The number of rotatable bonds is 6. The minimum absolute atomic E-state index is 0.481. The molecule has 60 heavy (non-hydrogen) atoms. The number of aryl methyl sites for hydroxylation is 9. The van der Waals surface area contributed by atoms with Crippen LogP contribution in [0.4, 0.5) is 34.9 Å². The first kappa shape index (κ1) is 42.6. The first-order chi connectivity index (χ1) is 28.0. The molecule has 1 aromatic heterocycles. The number of hydrogen-bond acceptors (Lipinski definition) is 6. The van der Waals surface area contributed by atoms with Crippen LogP contribution in [0.2, 0.25) is 0 Å². The molecule has 0 aliphatic heterocycles. The largest absolute Gasteiger partial charge is 0.323 e. The lowest BCUT2D eigenvalue weighted by Crippen LogP contribution is -2.12. The number of benzene rings is 6. The number of hydrogen-bond donors (Lipinski definition) is 3. The van der Waals surface area contributed by atoms with E-state index < -0.39 is 0 Å². The summed E-state index contributed by atoms with van der Waals surface area (Å²) >= 11 is 0. The van der Waals surface area contributed by atoms with Gasteiger partial charge < -0.3 is 16.0 Å². The molecular weight excluding hydrogens is 733 g/mol. The molecule has 0 aliphatic carbocycles. The molecule has 0 amide bonds. The Kier molecular flexibility index (Phi) is 10.6. The van der Waals surface area contributed by atoms with E-state index in [0.29, 0.717) is 17.8 Å². The molecule has 0 bridgehead atoms. The van der Waals surface area contributed by atoms with Crippen molar-refractivity contribution < 1.29 is 0 Å². The summed E-state index contributed by atoms with van der Waals surface area (Å²) in [4.78, 5) is 15.7. The Morgan fingerprint density at radius 3 is 0.517 bits per heavy atom. The van der Waals surface area contributed by atoms with E-state index in [4.69, 9.17) is 15.0 Å². The van der Waals surface area contributed by atoms with Crippen LogP contribution in [-0.2, 0) is 0 Å². The van der Waals surface area contributed by atoms with E-state index in [1.54, 1.807) is 0 Å². The fourth-order valence-electron chi connectivity index (χ4n) is 10.2. The van der Waals surface area contributed by atoms with Crippen molar-refractivity contribution in [3.63, 3.8) is 0 Å². The highest BCUT2D eigenvalue weighted by Crippen LogP contribution is 2.45. The van der Waals surface area contributed by atoms with E-state index >= 15 is 0 Å². The minimum Gasteiger partial charge on any atom is -0.323 e. The number of nitrogens with zero attached hydrogens (tertiary/aromatic N) is 3. The zero-order valence-electron chi connectivity index (χ0n) is 40.3. The Labute approximate surface area is 359 Å². The van der Waals surface area contributed by atoms with Crippen LogP contribution in [0.5, 0.6) is 0 Å². The van der Waals surface area contributed by atoms with Gasteiger partial charge in [-0.1, -0.05) is 0 Å². The van der Waals surface area contributed by atoms with Gasteiger partial charge in [-0.05, 0) is 278 Å². The summed E-state index contributed by atoms with van der Waals surface area (Å²) in [5, 5.41) is 19.1. The van der Waals surface area contributed by atoms with Crippen LogP contribution in [0.15, 0.2) is 0 Å². The maximum atomic E-state index is 5.24. The monoisotopic (exact) mass is 799 g/mol. The van der Waals surface area contributed by atoms with E-state index in [2.05, 4.69) is 161 Å². The summed E-state index contributed by atoms with van der Waals surface area (Å²) in [6, 6.07) is 0. The van der Waals surface area contributed by atoms with Gasteiger partial charge in [-0.2, -0.15) is 15.0 Å². The number of fused-ring (bicyclic) bond motifs is 3. The summed E-state index contributed by atoms with van der Waals surface area (Å²) in [7, 11) is 0. The van der Waals surface area contributed by atoms with Gasteiger partial charge in [0.15, 0.2) is 0 Å². The molecule has 6 heteroatoms. The lowest BCUT2D eigenvalue weighted by molar-refractivity contribution is 1.06. The second-order valence-corrected chi connectivity index (χ2v) is 18.2. The molecule has 0 aliphatic rings. The molecule has 0 fully saturated rings. The molecule has 6 aromatic carbocycles. The van der Waals surface area contributed by atoms with Crippen LogP contribution in [0, 0.1) is 145 Å². The summed E-state index contributed by atoms with van der Waals surface area (Å²) < 4.78 is 0. The maximum Gasteiger partial charge on any atom is 0.233 e. The zero-order valence-corrected chi connectivity index (χ0v) is 40.3. The maximum absolute atomic E-state index is 5.24. The molecule has 0 unspecified atom stereocenters. The highest BCUT2D eigenvalue weighted by molar-refractivity contribution is 6.07. The lowest BCUT2D eigenvalue weighted by atomic mass is 9.85. The third kappa shape index (κ3) is 6.15. The van der Waals surface area contributed by atoms with Crippen molar-refractivity contribution in [3.05, 3.63) is 117 Å². The Balaban J connectivity index is 1.54. The summed E-state index contributed by atoms with van der Waals surface area (Å²) in [6.07, 6.45) is 0. The topological polar surface area (TPSA) is 74.8 Å². The highest BCUT2D eigenvalue weighted by atomic mass is 15.3. The van der Waals surface area contributed by atoms with Gasteiger partial charge in [-0.25, -0.2) is 0 Å². The summed E-state index contributed by atoms with van der Waals surface area (Å²) in [5.74, 6) is 1.44. The first-order valence-electron chi connectivity index (χ1n) is 21.6. The Hall–Kier alpha value is -5.49. The minimum atomic E-state index is 0.481. The average Bonchev–Trinajstić information content (AvgIpc) is 3.22. The van der Waals surface area contributed by atoms with Gasteiger partial charge in [-0.3, -0.25) is 0 Å². The van der Waals surface area contributed by atoms with E-state index in [9.17, 15) is 0 Å². The standard InChI is InChI=1S/C54H66N6/c1-22-25(4)37(16)46-43(31(22)10)34(13)28(7)40(19)49(46)55-52-58-53(56-50-41(20)29(8)35(14)44-32(11)23(2)26(5)38(17)47(44)50)60-54(59-52)57-51-42(21)30(9)36(15)45-33(12)24(3)27(6)39(18)48(45)51/h1-21H3,(H3,55,56,57,58,59,60). The van der Waals surface area contributed by atoms with Gasteiger partial charge in [0, 0.05) is 16.2 Å². The van der Waals surface area contributed by atoms with E-state index in [0.717, 1.165) is 17.1 Å². The number of aromatic nitrogens is 3. The van der Waals surface area contributed by atoms with Crippen molar-refractivity contribution in [2.75, 3.05) is 16.0 Å². The molecule has 312 valence electrons. The highest BCUT2D eigenvalue weighted by Gasteiger charge is 2.24. The van der Waals surface area contributed by atoms with Crippen molar-refractivity contribution in [2.24, 2.45) is 0 Å². The van der Waals surface area contributed by atoms with Crippen molar-refractivity contribution in [1.82, 2.24) is 15.0 Å². The van der Waals surface area contributed by atoms with Crippen molar-refractivity contribution in [3.8, 4) is 0 Å². The summed E-state index contributed by atoms with van der Waals surface area (Å²) in [6.45, 7) is 47.1. The van der Waals surface area contributed by atoms with Crippen LogP contribution in [-0.4, -0.2) is 15.0 Å². The predicted octanol–water partition coefficient (Wildman–Crippen LogP) is 15.0. The van der Waals surface area contributed by atoms with Crippen molar-refractivity contribution >= 4 is 67.2 Å². The Morgan fingerprint density at radius 1 is 0.183 bits per heavy atom. The normalized spacial score (nSPS) is 11.8. The molecule has 0 saturated heterocycles. The van der Waals surface area contributed by atoms with Gasteiger partial charge in [-0.15, -0.1) is 0 Å². The van der Waals surface area contributed by atoms with Gasteiger partial charge >= 0.3 is 0 Å². The van der Waals surface area contributed by atoms with E-state index in [1.165, 1.54) is 149 Å². The van der Waals surface area contributed by atoms with Crippen molar-refractivity contribution in [2.45, 2.75) is 145 Å². The SMILES string of the molecule is Cc1c(C)c(C)c2c(Nc3nc(Nc4c(C)c(C)c(C)c5c(C)c(C)c(C)c(C)c45)nc(Nc4c(C)c(C)c(C)c5c(C)c(C)c(C)c(C)c45)n3)c(C)c(C)c(C)c2c1C. The molecule has 7 aromatic rings. The third-order valence-corrected chi connectivity index (χ3v) is 15.8. The molecule has 3 N–H and O–H groups in total. The molecule has 0 spiro atoms. The quantitative estimate of drug-likeness (QED) is 0.156. The van der Waals surface area contributed by atoms with Crippen molar-refractivity contribution in [1.29, 1.82) is 0 Å². The average molecular weight is 799 g/mol. The fraction of sp³-hybridized carbons (Fsp3) is 0.389. The van der Waals surface area contributed by atoms with E-state index in [-0.39, 0.29) is 0 Å².